The van der Waals surface area contributed by atoms with E-state index < -0.39 is 0 Å². The average Bonchev–Trinajstić information content (AvgIpc) is 2.36. The minimum atomic E-state index is -0.0254. The predicted molar refractivity (Wildman–Crippen MR) is 84.9 cm³/mol. The highest BCUT2D eigenvalue weighted by atomic mass is 79.9. The molecule has 0 bridgehead atoms. The Labute approximate surface area is 129 Å². The maximum atomic E-state index is 12.1. The summed E-state index contributed by atoms with van der Waals surface area (Å²) in [5, 5.41) is 3.00. The van der Waals surface area contributed by atoms with E-state index in [-0.39, 0.29) is 5.91 Å². The second-order valence-electron chi connectivity index (χ2n) is 4.83. The summed E-state index contributed by atoms with van der Waals surface area (Å²) in [6.07, 6.45) is 3.17. The third-order valence-electron chi connectivity index (χ3n) is 3.13. The number of aryl methyl sites for hydroxylation is 1. The lowest BCUT2D eigenvalue weighted by Crippen LogP contribution is -2.29. The maximum absolute atomic E-state index is 12.1. The molecule has 2 nitrogen and oxygen atoms in total. The minimum absolute atomic E-state index is 0.0254. The Morgan fingerprint density at radius 3 is 2.74 bits per heavy atom. The van der Waals surface area contributed by atoms with Crippen molar-refractivity contribution in [1.82, 2.24) is 5.32 Å². The lowest BCUT2D eigenvalue weighted by molar-refractivity contribution is 0.0945. The number of carbonyl (C=O) groups excluding carboxylic acids is 1. The molecule has 1 unspecified atom stereocenters. The van der Waals surface area contributed by atoms with Crippen LogP contribution < -0.4 is 5.32 Å². The van der Waals surface area contributed by atoms with Crippen LogP contribution >= 0.6 is 27.5 Å². The number of amides is 1. The lowest BCUT2D eigenvalue weighted by atomic mass is 10.0. The molecule has 0 heterocycles. The summed E-state index contributed by atoms with van der Waals surface area (Å²) >= 11 is 9.22. The van der Waals surface area contributed by atoms with Gasteiger partial charge < -0.3 is 5.32 Å². The van der Waals surface area contributed by atoms with Gasteiger partial charge in [0.2, 0.25) is 0 Å². The third kappa shape index (κ3) is 5.53. The first-order valence-electron chi connectivity index (χ1n) is 6.68. The highest BCUT2D eigenvalue weighted by molar-refractivity contribution is 9.10. The van der Waals surface area contributed by atoms with Crippen LogP contribution in [0.2, 0.25) is 0 Å². The number of alkyl halides is 1. The molecule has 1 aromatic carbocycles. The van der Waals surface area contributed by atoms with Gasteiger partial charge in [0.1, 0.15) is 0 Å². The Bertz CT molecular complexity index is 417. The molecule has 0 aliphatic heterocycles. The highest BCUT2D eigenvalue weighted by Gasteiger charge is 2.12. The van der Waals surface area contributed by atoms with Crippen molar-refractivity contribution in [1.29, 1.82) is 0 Å². The lowest BCUT2D eigenvalue weighted by Gasteiger charge is -2.16. The van der Waals surface area contributed by atoms with Crippen LogP contribution in [0.5, 0.6) is 0 Å². The van der Waals surface area contributed by atoms with Gasteiger partial charge in [-0.3, -0.25) is 4.79 Å². The van der Waals surface area contributed by atoms with Crippen LogP contribution in [-0.4, -0.2) is 18.3 Å². The van der Waals surface area contributed by atoms with Gasteiger partial charge in [-0.05, 0) is 59.3 Å². The fourth-order valence-corrected chi connectivity index (χ4v) is 3.03. The van der Waals surface area contributed by atoms with Crippen LogP contribution in [0.4, 0.5) is 0 Å². The summed E-state index contributed by atoms with van der Waals surface area (Å²) < 4.78 is 0.842. The van der Waals surface area contributed by atoms with Gasteiger partial charge in [0.15, 0.2) is 0 Å². The number of benzene rings is 1. The molecule has 106 valence electrons. The Kier molecular flexibility index (Phi) is 7.47. The van der Waals surface area contributed by atoms with Gasteiger partial charge >= 0.3 is 0 Å². The van der Waals surface area contributed by atoms with Crippen molar-refractivity contribution in [3.63, 3.8) is 0 Å². The van der Waals surface area contributed by atoms with Crippen LogP contribution in [-0.2, 0) is 0 Å². The Morgan fingerprint density at radius 1 is 1.42 bits per heavy atom. The predicted octanol–water partition coefficient (Wildman–Crippen LogP) is 4.53. The summed E-state index contributed by atoms with van der Waals surface area (Å²) in [5.41, 5.74) is 1.82. The molecule has 1 aromatic rings. The summed E-state index contributed by atoms with van der Waals surface area (Å²) in [4.78, 5) is 12.1. The van der Waals surface area contributed by atoms with Crippen molar-refractivity contribution in [3.05, 3.63) is 33.8 Å². The molecule has 1 rings (SSSR count). The second-order valence-corrected chi connectivity index (χ2v) is 6.06. The zero-order valence-corrected chi connectivity index (χ0v) is 13.9. The molecule has 0 saturated heterocycles. The van der Waals surface area contributed by atoms with Gasteiger partial charge in [-0.25, -0.2) is 0 Å². The molecule has 1 atom stereocenters. The maximum Gasteiger partial charge on any atom is 0.252 e. The highest BCUT2D eigenvalue weighted by Crippen LogP contribution is 2.18. The van der Waals surface area contributed by atoms with E-state index in [1.165, 1.54) is 0 Å². The number of nitrogens with one attached hydrogen (secondary N) is 1. The van der Waals surface area contributed by atoms with Gasteiger partial charge in [0.05, 0.1) is 5.56 Å². The Hall–Kier alpha value is -0.540. The van der Waals surface area contributed by atoms with Gasteiger partial charge in [0, 0.05) is 16.9 Å². The van der Waals surface area contributed by atoms with Gasteiger partial charge in [-0.15, -0.1) is 11.6 Å². The molecule has 4 heteroatoms. The first-order valence-corrected chi connectivity index (χ1v) is 8.01. The van der Waals surface area contributed by atoms with E-state index in [1.54, 1.807) is 0 Å². The number of hydrogen-bond donors (Lipinski definition) is 1. The van der Waals surface area contributed by atoms with Gasteiger partial charge in [0.25, 0.3) is 5.91 Å². The van der Waals surface area contributed by atoms with Crippen molar-refractivity contribution >= 4 is 33.4 Å². The smallest absolute Gasteiger partial charge is 0.252 e. The monoisotopic (exact) mass is 345 g/mol. The molecule has 0 spiro atoms. The first-order chi connectivity index (χ1) is 9.08. The molecular weight excluding hydrogens is 326 g/mol. The van der Waals surface area contributed by atoms with Gasteiger partial charge in [-0.2, -0.15) is 0 Å². The quantitative estimate of drug-likeness (QED) is 0.722. The molecule has 0 radical (unpaired) electrons. The largest absolute Gasteiger partial charge is 0.352 e. The van der Waals surface area contributed by atoms with E-state index in [4.69, 9.17) is 11.6 Å². The molecule has 0 saturated carbocycles. The zero-order valence-electron chi connectivity index (χ0n) is 11.5. The summed E-state index contributed by atoms with van der Waals surface area (Å²) in [6.45, 7) is 4.85. The molecule has 1 amide bonds. The van der Waals surface area contributed by atoms with Crippen LogP contribution in [0, 0.1) is 12.8 Å². The van der Waals surface area contributed by atoms with E-state index in [1.807, 2.05) is 25.1 Å². The molecule has 0 aliphatic carbocycles. The SMILES string of the molecule is CCCC(CCCl)CNC(=O)c1ccc(C)cc1Br. The molecule has 1 N–H and O–H groups in total. The van der Waals surface area contributed by atoms with Crippen molar-refractivity contribution in [3.8, 4) is 0 Å². The Morgan fingerprint density at radius 2 is 2.16 bits per heavy atom. The fourth-order valence-electron chi connectivity index (χ4n) is 2.05. The topological polar surface area (TPSA) is 29.1 Å². The van der Waals surface area contributed by atoms with Crippen molar-refractivity contribution in [2.24, 2.45) is 5.92 Å². The summed E-state index contributed by atoms with van der Waals surface area (Å²) in [6, 6.07) is 5.75. The normalized spacial score (nSPS) is 12.2. The van der Waals surface area contributed by atoms with E-state index in [0.717, 1.165) is 29.3 Å². The van der Waals surface area contributed by atoms with Crippen LogP contribution in [0.15, 0.2) is 22.7 Å². The van der Waals surface area contributed by atoms with E-state index in [9.17, 15) is 4.79 Å². The number of rotatable bonds is 7. The standard InChI is InChI=1S/C15H21BrClNO/c1-3-4-12(7-8-17)10-18-15(19)13-6-5-11(2)9-14(13)16/h5-6,9,12H,3-4,7-8,10H2,1-2H3,(H,18,19). The summed E-state index contributed by atoms with van der Waals surface area (Å²) in [7, 11) is 0. The van der Waals surface area contributed by atoms with E-state index in [0.29, 0.717) is 23.9 Å². The van der Waals surface area contributed by atoms with Crippen molar-refractivity contribution in [2.75, 3.05) is 12.4 Å². The van der Waals surface area contributed by atoms with Crippen LogP contribution in [0.3, 0.4) is 0 Å². The van der Waals surface area contributed by atoms with E-state index >= 15 is 0 Å². The number of halogens is 2. The molecule has 0 aliphatic rings. The molecule has 0 fully saturated rings. The Balaban J connectivity index is 2.58. The number of hydrogen-bond acceptors (Lipinski definition) is 1. The van der Waals surface area contributed by atoms with Gasteiger partial charge in [-0.1, -0.05) is 19.4 Å². The zero-order chi connectivity index (χ0) is 14.3. The molecule has 0 aromatic heterocycles. The second kappa shape index (κ2) is 8.60. The van der Waals surface area contributed by atoms with E-state index in [2.05, 4.69) is 28.2 Å². The molecular formula is C15H21BrClNO. The van der Waals surface area contributed by atoms with Crippen molar-refractivity contribution < 1.29 is 4.79 Å². The first kappa shape index (κ1) is 16.5. The average molecular weight is 347 g/mol. The minimum Gasteiger partial charge on any atom is -0.352 e. The number of carbonyl (C=O) groups is 1. The van der Waals surface area contributed by atoms with Crippen molar-refractivity contribution in [2.45, 2.75) is 33.1 Å². The third-order valence-corrected chi connectivity index (χ3v) is 4.01. The fraction of sp³-hybridized carbons (Fsp3) is 0.533. The van der Waals surface area contributed by atoms with Crippen LogP contribution in [0.1, 0.15) is 42.1 Å². The van der Waals surface area contributed by atoms with Crippen LogP contribution in [0.25, 0.3) is 0 Å². The summed E-state index contributed by atoms with van der Waals surface area (Å²) in [5.74, 6) is 1.09. The molecule has 19 heavy (non-hydrogen) atoms.